The number of aliphatic imine (C=N–C) groups is 1. The number of sulfone groups is 1. The molecule has 5 nitrogen and oxygen atoms in total. The van der Waals surface area contributed by atoms with Gasteiger partial charge in [0, 0.05) is 12.3 Å². The lowest BCUT2D eigenvalue weighted by molar-refractivity contribution is 0.346. The lowest BCUT2D eigenvalue weighted by Gasteiger charge is -2.38. The molecular formula is C10H20IN3O2S. The van der Waals surface area contributed by atoms with E-state index >= 15 is 0 Å². The molecule has 0 aromatic rings. The van der Waals surface area contributed by atoms with Crippen LogP contribution in [0.2, 0.25) is 0 Å². The summed E-state index contributed by atoms with van der Waals surface area (Å²) in [7, 11) is -3.03. The summed E-state index contributed by atoms with van der Waals surface area (Å²) < 4.78 is 22.7. The van der Waals surface area contributed by atoms with E-state index in [1.54, 1.807) is 0 Å². The van der Waals surface area contributed by atoms with Gasteiger partial charge in [-0.1, -0.05) is 6.42 Å². The summed E-state index contributed by atoms with van der Waals surface area (Å²) in [5.41, 5.74) is 5.69. The Bertz CT molecular complexity index is 400. The first-order chi connectivity index (χ1) is 7.43. The first-order valence-electron chi connectivity index (χ1n) is 5.69. The molecule has 0 radical (unpaired) electrons. The largest absolute Gasteiger partial charge is 0.370 e. The van der Waals surface area contributed by atoms with E-state index < -0.39 is 14.6 Å². The maximum Gasteiger partial charge on any atom is 0.188 e. The quantitative estimate of drug-likeness (QED) is 0.430. The third kappa shape index (κ3) is 3.46. The Morgan fingerprint density at radius 1 is 1.47 bits per heavy atom. The first-order valence-corrected chi connectivity index (χ1v) is 7.58. The molecule has 17 heavy (non-hydrogen) atoms. The zero-order valence-electron chi connectivity index (χ0n) is 9.98. The zero-order valence-corrected chi connectivity index (χ0v) is 13.1. The maximum atomic E-state index is 11.7. The Hall–Kier alpha value is -0.0500. The number of nitrogens with zero attached hydrogens (tertiary/aromatic N) is 1. The van der Waals surface area contributed by atoms with Gasteiger partial charge in [0.15, 0.2) is 15.8 Å². The van der Waals surface area contributed by atoms with Gasteiger partial charge in [0.2, 0.25) is 0 Å². The molecule has 2 fully saturated rings. The van der Waals surface area contributed by atoms with Gasteiger partial charge in [0.25, 0.3) is 0 Å². The molecule has 0 spiro atoms. The van der Waals surface area contributed by atoms with Crippen molar-refractivity contribution in [1.82, 2.24) is 5.32 Å². The van der Waals surface area contributed by atoms with Gasteiger partial charge in [-0.25, -0.2) is 8.42 Å². The molecule has 0 bridgehead atoms. The summed E-state index contributed by atoms with van der Waals surface area (Å²) in [4.78, 5) is 4.17. The van der Waals surface area contributed by atoms with E-state index in [9.17, 15) is 8.42 Å². The third-order valence-electron chi connectivity index (χ3n) is 3.52. The van der Waals surface area contributed by atoms with Gasteiger partial charge in [0.05, 0.1) is 11.3 Å². The van der Waals surface area contributed by atoms with Gasteiger partial charge in [-0.2, -0.15) is 0 Å². The summed E-state index contributed by atoms with van der Waals surface area (Å²) >= 11 is 0. The molecule has 0 heterocycles. The van der Waals surface area contributed by atoms with Gasteiger partial charge in [-0.3, -0.25) is 4.99 Å². The molecule has 0 aromatic heterocycles. The van der Waals surface area contributed by atoms with Crippen LogP contribution in [0.15, 0.2) is 4.99 Å². The fourth-order valence-corrected chi connectivity index (χ4v) is 3.26. The van der Waals surface area contributed by atoms with Crippen molar-refractivity contribution in [3.8, 4) is 0 Å². The standard InChI is InChI=1S/C10H19N3O2S.HI/c1-16(14,15)10(5-2-6-10)7-12-9(11)13-8-3-4-8;/h8H,2-7H2,1H3,(H3,11,12,13);1H. The second kappa shape index (κ2) is 5.29. The average Bonchev–Trinajstić information content (AvgIpc) is 2.83. The summed E-state index contributed by atoms with van der Waals surface area (Å²) in [6.45, 7) is 0.303. The molecule has 7 heteroatoms. The molecule has 2 rings (SSSR count). The highest BCUT2D eigenvalue weighted by atomic mass is 127. The minimum Gasteiger partial charge on any atom is -0.370 e. The number of halogens is 1. The second-order valence-corrected chi connectivity index (χ2v) is 7.34. The Morgan fingerprint density at radius 3 is 2.41 bits per heavy atom. The molecule has 2 aliphatic carbocycles. The Labute approximate surface area is 120 Å². The van der Waals surface area contributed by atoms with Crippen molar-refractivity contribution in [2.24, 2.45) is 10.7 Å². The minimum absolute atomic E-state index is 0. The van der Waals surface area contributed by atoms with Crippen molar-refractivity contribution in [2.75, 3.05) is 12.8 Å². The van der Waals surface area contributed by atoms with Crippen molar-refractivity contribution in [3.05, 3.63) is 0 Å². The molecule has 0 unspecified atom stereocenters. The maximum absolute atomic E-state index is 11.7. The highest BCUT2D eigenvalue weighted by Gasteiger charge is 2.46. The fraction of sp³-hybridized carbons (Fsp3) is 0.900. The van der Waals surface area contributed by atoms with Crippen LogP contribution in [-0.4, -0.2) is 38.0 Å². The van der Waals surface area contributed by atoms with Crippen LogP contribution in [-0.2, 0) is 9.84 Å². The molecule has 0 saturated heterocycles. The molecular weight excluding hydrogens is 353 g/mol. The van der Waals surface area contributed by atoms with E-state index in [1.165, 1.54) is 6.26 Å². The molecule has 0 aliphatic heterocycles. The normalized spacial score (nSPS) is 23.5. The highest BCUT2D eigenvalue weighted by Crippen LogP contribution is 2.39. The lowest BCUT2D eigenvalue weighted by Crippen LogP contribution is -2.48. The SMILES string of the molecule is CS(=O)(=O)C1(CN=C(N)NC2CC2)CCC1.I. The van der Waals surface area contributed by atoms with Gasteiger partial charge in [-0.05, 0) is 25.7 Å². The molecule has 0 aromatic carbocycles. The van der Waals surface area contributed by atoms with Gasteiger partial charge in [-0.15, -0.1) is 24.0 Å². The van der Waals surface area contributed by atoms with Crippen LogP contribution in [0, 0.1) is 0 Å². The van der Waals surface area contributed by atoms with Crippen molar-refractivity contribution < 1.29 is 8.42 Å². The topological polar surface area (TPSA) is 84.5 Å². The summed E-state index contributed by atoms with van der Waals surface area (Å²) in [5.74, 6) is 0.387. The van der Waals surface area contributed by atoms with E-state index in [-0.39, 0.29) is 24.0 Å². The second-order valence-electron chi connectivity index (χ2n) is 4.93. The van der Waals surface area contributed by atoms with Crippen LogP contribution in [0.3, 0.4) is 0 Å². The van der Waals surface area contributed by atoms with Crippen LogP contribution >= 0.6 is 24.0 Å². The molecule has 3 N–H and O–H groups in total. The van der Waals surface area contributed by atoms with Crippen LogP contribution < -0.4 is 11.1 Å². The lowest BCUT2D eigenvalue weighted by atomic mass is 9.84. The molecule has 0 amide bonds. The average molecular weight is 373 g/mol. The Kier molecular flexibility index (Phi) is 4.67. The number of guanidine groups is 1. The van der Waals surface area contributed by atoms with E-state index in [2.05, 4.69) is 10.3 Å². The van der Waals surface area contributed by atoms with Crippen LogP contribution in [0.4, 0.5) is 0 Å². The van der Waals surface area contributed by atoms with Crippen molar-refractivity contribution in [3.63, 3.8) is 0 Å². The predicted molar refractivity (Wildman–Crippen MR) is 79.5 cm³/mol. The smallest absolute Gasteiger partial charge is 0.188 e. The van der Waals surface area contributed by atoms with Crippen LogP contribution in [0.25, 0.3) is 0 Å². The van der Waals surface area contributed by atoms with E-state index in [0.29, 0.717) is 31.4 Å². The number of nitrogens with one attached hydrogen (secondary N) is 1. The van der Waals surface area contributed by atoms with Crippen LogP contribution in [0.1, 0.15) is 32.1 Å². The predicted octanol–water partition coefficient (Wildman–Crippen LogP) is 0.638. The number of rotatable bonds is 4. The van der Waals surface area contributed by atoms with Gasteiger partial charge in [0.1, 0.15) is 0 Å². The summed E-state index contributed by atoms with van der Waals surface area (Å²) in [6.07, 6.45) is 5.96. The fourth-order valence-electron chi connectivity index (χ4n) is 1.93. The van der Waals surface area contributed by atoms with Crippen molar-refractivity contribution in [1.29, 1.82) is 0 Å². The van der Waals surface area contributed by atoms with E-state index in [1.807, 2.05) is 0 Å². The van der Waals surface area contributed by atoms with Crippen molar-refractivity contribution in [2.45, 2.75) is 42.9 Å². The first kappa shape index (κ1) is 15.0. The Balaban J connectivity index is 0.00000144. The summed E-state index contributed by atoms with van der Waals surface area (Å²) in [5, 5.41) is 3.06. The highest BCUT2D eigenvalue weighted by molar-refractivity contribution is 14.0. The molecule has 2 saturated carbocycles. The van der Waals surface area contributed by atoms with Crippen LogP contribution in [0.5, 0.6) is 0 Å². The van der Waals surface area contributed by atoms with E-state index in [4.69, 9.17) is 5.73 Å². The van der Waals surface area contributed by atoms with E-state index in [0.717, 1.165) is 19.3 Å². The minimum atomic E-state index is -3.03. The van der Waals surface area contributed by atoms with Gasteiger partial charge < -0.3 is 11.1 Å². The van der Waals surface area contributed by atoms with Gasteiger partial charge >= 0.3 is 0 Å². The molecule has 2 aliphatic rings. The zero-order chi connectivity index (χ0) is 11.8. The third-order valence-corrected chi connectivity index (χ3v) is 5.63. The monoisotopic (exact) mass is 373 g/mol. The molecule has 0 atom stereocenters. The Morgan fingerprint density at radius 2 is 2.06 bits per heavy atom. The number of hydrogen-bond acceptors (Lipinski definition) is 3. The van der Waals surface area contributed by atoms with Crippen molar-refractivity contribution >= 4 is 39.8 Å². The summed E-state index contributed by atoms with van der Waals surface area (Å²) in [6, 6.07) is 0.458. The number of hydrogen-bond donors (Lipinski definition) is 2. The molecule has 100 valence electrons. The number of nitrogens with two attached hydrogens (primary N) is 1.